The Bertz CT molecular complexity index is 871. The second-order valence-electron chi connectivity index (χ2n) is 4.63. The van der Waals surface area contributed by atoms with Gasteiger partial charge in [-0.2, -0.15) is 5.10 Å². The summed E-state index contributed by atoms with van der Waals surface area (Å²) in [6.45, 7) is 0. The van der Waals surface area contributed by atoms with Crippen LogP contribution in [0.25, 0.3) is 0 Å². The van der Waals surface area contributed by atoms with Gasteiger partial charge in [0.05, 0.1) is 33.7 Å². The zero-order valence-electron chi connectivity index (χ0n) is 12.7. The van der Waals surface area contributed by atoms with Crippen LogP contribution in [0.2, 0.25) is 0 Å². The second kappa shape index (κ2) is 7.57. The third-order valence-electron chi connectivity index (χ3n) is 3.08. The van der Waals surface area contributed by atoms with Gasteiger partial charge in [0, 0.05) is 11.6 Å². The standard InChI is InChI=1S/C14H11BrN4O6/c1-25-10-4-8(14(20)11(15)6-10)7-16-17-12-3-2-9(18(21)22)5-13(12)19(23)24/h2-7,17,20H,1H3/b16-7-. The summed E-state index contributed by atoms with van der Waals surface area (Å²) in [5.74, 6) is 0.372. The van der Waals surface area contributed by atoms with Crippen molar-refractivity contribution in [2.24, 2.45) is 5.10 Å². The molecule has 0 bridgehead atoms. The Balaban J connectivity index is 2.30. The van der Waals surface area contributed by atoms with Crippen molar-refractivity contribution in [2.45, 2.75) is 0 Å². The number of nitrogens with zero attached hydrogens (tertiary/aromatic N) is 3. The average molecular weight is 411 g/mol. The lowest BCUT2D eigenvalue weighted by Gasteiger charge is -2.06. The van der Waals surface area contributed by atoms with Crippen molar-refractivity contribution in [3.05, 3.63) is 60.6 Å². The first-order valence-electron chi connectivity index (χ1n) is 6.62. The maximum absolute atomic E-state index is 11.0. The van der Waals surface area contributed by atoms with Crippen LogP contribution in [-0.2, 0) is 0 Å². The third kappa shape index (κ3) is 4.20. The molecule has 0 heterocycles. The molecule has 0 amide bonds. The molecule has 0 spiro atoms. The number of hydrogen-bond donors (Lipinski definition) is 2. The number of nitro benzene ring substituents is 2. The molecule has 0 radical (unpaired) electrons. The van der Waals surface area contributed by atoms with Crippen LogP contribution in [0.3, 0.4) is 0 Å². The molecule has 11 heteroatoms. The number of methoxy groups -OCH3 is 1. The Labute approximate surface area is 149 Å². The number of hydrogen-bond acceptors (Lipinski definition) is 8. The molecule has 0 unspecified atom stereocenters. The fourth-order valence-corrected chi connectivity index (χ4v) is 2.32. The predicted octanol–water partition coefficient (Wildman–Crippen LogP) is 3.43. The summed E-state index contributed by atoms with van der Waals surface area (Å²) in [6.07, 6.45) is 1.23. The van der Waals surface area contributed by atoms with Gasteiger partial charge in [0.15, 0.2) is 0 Å². The van der Waals surface area contributed by atoms with Gasteiger partial charge in [0.2, 0.25) is 0 Å². The number of hydrazone groups is 1. The minimum atomic E-state index is -0.759. The minimum Gasteiger partial charge on any atom is -0.506 e. The van der Waals surface area contributed by atoms with E-state index in [1.54, 1.807) is 6.07 Å². The van der Waals surface area contributed by atoms with E-state index >= 15 is 0 Å². The molecule has 0 aliphatic rings. The van der Waals surface area contributed by atoms with E-state index in [1.165, 1.54) is 25.5 Å². The summed E-state index contributed by atoms with van der Waals surface area (Å²) in [6, 6.07) is 6.19. The SMILES string of the molecule is COc1cc(Br)c(O)c(/C=N\Nc2ccc([N+](=O)[O-])cc2[N+](=O)[O-])c1. The Morgan fingerprint density at radius 1 is 1.24 bits per heavy atom. The highest BCUT2D eigenvalue weighted by atomic mass is 79.9. The Morgan fingerprint density at radius 2 is 1.96 bits per heavy atom. The normalized spacial score (nSPS) is 10.6. The summed E-state index contributed by atoms with van der Waals surface area (Å²) < 4.78 is 5.45. The monoisotopic (exact) mass is 410 g/mol. The molecule has 2 aromatic rings. The first-order valence-corrected chi connectivity index (χ1v) is 7.41. The lowest BCUT2D eigenvalue weighted by molar-refractivity contribution is -0.393. The molecule has 2 aromatic carbocycles. The molecule has 0 aliphatic heterocycles. The largest absolute Gasteiger partial charge is 0.506 e. The first kappa shape index (κ1) is 18.1. The van der Waals surface area contributed by atoms with Crippen molar-refractivity contribution in [1.82, 2.24) is 0 Å². The molecule has 25 heavy (non-hydrogen) atoms. The number of nitro groups is 2. The second-order valence-corrected chi connectivity index (χ2v) is 5.49. The summed E-state index contributed by atoms with van der Waals surface area (Å²) >= 11 is 3.16. The smallest absolute Gasteiger partial charge is 0.301 e. The average Bonchev–Trinajstić information content (AvgIpc) is 2.58. The lowest BCUT2D eigenvalue weighted by Crippen LogP contribution is -1.99. The van der Waals surface area contributed by atoms with E-state index < -0.39 is 21.2 Å². The van der Waals surface area contributed by atoms with Gasteiger partial charge in [-0.3, -0.25) is 25.7 Å². The van der Waals surface area contributed by atoms with Crippen LogP contribution in [0.5, 0.6) is 11.5 Å². The molecule has 0 fully saturated rings. The maximum Gasteiger partial charge on any atom is 0.301 e. The number of ether oxygens (including phenoxy) is 1. The van der Waals surface area contributed by atoms with Gasteiger partial charge < -0.3 is 9.84 Å². The zero-order valence-corrected chi connectivity index (χ0v) is 14.3. The third-order valence-corrected chi connectivity index (χ3v) is 3.68. The highest BCUT2D eigenvalue weighted by Crippen LogP contribution is 2.32. The highest BCUT2D eigenvalue weighted by Gasteiger charge is 2.19. The van der Waals surface area contributed by atoms with E-state index in [0.717, 1.165) is 12.1 Å². The molecular weight excluding hydrogens is 400 g/mol. The fraction of sp³-hybridized carbons (Fsp3) is 0.0714. The molecule has 2 N–H and O–H groups in total. The number of non-ortho nitro benzene ring substituents is 1. The van der Waals surface area contributed by atoms with Crippen LogP contribution in [0.4, 0.5) is 17.1 Å². The van der Waals surface area contributed by atoms with Gasteiger partial charge in [-0.15, -0.1) is 0 Å². The molecule has 2 rings (SSSR count). The van der Waals surface area contributed by atoms with Crippen LogP contribution < -0.4 is 10.2 Å². The van der Waals surface area contributed by atoms with E-state index in [1.807, 2.05) is 0 Å². The minimum absolute atomic E-state index is 0.0340. The van der Waals surface area contributed by atoms with Gasteiger partial charge >= 0.3 is 5.69 Å². The quantitative estimate of drug-likeness (QED) is 0.422. The molecule has 0 aliphatic carbocycles. The number of phenolic OH excluding ortho intramolecular Hbond substituents is 1. The van der Waals surface area contributed by atoms with Crippen LogP contribution in [0.15, 0.2) is 39.9 Å². The van der Waals surface area contributed by atoms with Crippen LogP contribution in [0, 0.1) is 20.2 Å². The van der Waals surface area contributed by atoms with Gasteiger partial charge in [0.25, 0.3) is 5.69 Å². The van der Waals surface area contributed by atoms with E-state index in [2.05, 4.69) is 26.5 Å². The van der Waals surface area contributed by atoms with Gasteiger partial charge in [-0.25, -0.2) is 0 Å². The lowest BCUT2D eigenvalue weighted by atomic mass is 10.2. The number of phenols is 1. The van der Waals surface area contributed by atoms with Gasteiger partial charge in [-0.05, 0) is 34.1 Å². The molecule has 10 nitrogen and oxygen atoms in total. The molecule has 0 atom stereocenters. The van der Waals surface area contributed by atoms with Crippen molar-refractivity contribution in [2.75, 3.05) is 12.5 Å². The zero-order chi connectivity index (χ0) is 18.6. The van der Waals surface area contributed by atoms with Crippen molar-refractivity contribution < 1.29 is 19.7 Å². The number of rotatable bonds is 6. The van der Waals surface area contributed by atoms with E-state index in [9.17, 15) is 25.3 Å². The summed E-state index contributed by atoms with van der Waals surface area (Å²) in [7, 11) is 1.46. The highest BCUT2D eigenvalue weighted by molar-refractivity contribution is 9.10. The van der Waals surface area contributed by atoms with E-state index in [-0.39, 0.29) is 11.4 Å². The number of aromatic hydroxyl groups is 1. The van der Waals surface area contributed by atoms with Gasteiger partial charge in [-0.1, -0.05) is 0 Å². The molecule has 0 saturated heterocycles. The van der Waals surface area contributed by atoms with Gasteiger partial charge in [0.1, 0.15) is 17.2 Å². The van der Waals surface area contributed by atoms with E-state index in [4.69, 9.17) is 4.74 Å². The summed E-state index contributed by atoms with van der Waals surface area (Å²) in [4.78, 5) is 20.3. The van der Waals surface area contributed by atoms with Crippen LogP contribution in [0.1, 0.15) is 5.56 Å². The fourth-order valence-electron chi connectivity index (χ4n) is 1.86. The number of halogens is 1. The first-order chi connectivity index (χ1) is 11.8. The Hall–Kier alpha value is -3.21. The molecule has 0 aromatic heterocycles. The summed E-state index contributed by atoms with van der Waals surface area (Å²) in [5.41, 5.74) is 1.79. The number of anilines is 1. The van der Waals surface area contributed by atoms with E-state index in [0.29, 0.717) is 15.8 Å². The van der Waals surface area contributed by atoms with Crippen LogP contribution in [-0.4, -0.2) is 28.3 Å². The topological polar surface area (TPSA) is 140 Å². The van der Waals surface area contributed by atoms with Crippen molar-refractivity contribution in [3.8, 4) is 11.5 Å². The molecule has 130 valence electrons. The maximum atomic E-state index is 11.0. The van der Waals surface area contributed by atoms with Crippen molar-refractivity contribution >= 4 is 39.2 Å². The Kier molecular flexibility index (Phi) is 5.49. The van der Waals surface area contributed by atoms with Crippen LogP contribution >= 0.6 is 15.9 Å². The van der Waals surface area contributed by atoms with Crippen molar-refractivity contribution in [1.29, 1.82) is 0 Å². The summed E-state index contributed by atoms with van der Waals surface area (Å²) in [5, 5.41) is 35.5. The molecular formula is C14H11BrN4O6. The van der Waals surface area contributed by atoms with Crippen molar-refractivity contribution in [3.63, 3.8) is 0 Å². The Morgan fingerprint density at radius 3 is 2.56 bits per heavy atom. The molecule has 0 saturated carbocycles. The predicted molar refractivity (Wildman–Crippen MR) is 93.3 cm³/mol. The number of nitrogens with one attached hydrogen (secondary N) is 1. The number of benzene rings is 2.